The summed E-state index contributed by atoms with van der Waals surface area (Å²) in [5.41, 5.74) is 0.710. The van der Waals surface area contributed by atoms with Gasteiger partial charge in [-0.1, -0.05) is 21.0 Å². The van der Waals surface area contributed by atoms with Gasteiger partial charge in [-0.25, -0.2) is 9.37 Å². The molecule has 0 saturated carbocycles. The van der Waals surface area contributed by atoms with Gasteiger partial charge in [-0.05, 0) is 25.1 Å². The van der Waals surface area contributed by atoms with Crippen LogP contribution in [0, 0.1) is 0 Å². The van der Waals surface area contributed by atoms with Crippen LogP contribution in [0.25, 0.3) is 11.4 Å². The number of urea groups is 1. The molecule has 0 N–H and O–H groups in total. The average molecular weight is 434 g/mol. The molecule has 9 nitrogen and oxygen atoms in total. The second-order valence-corrected chi connectivity index (χ2v) is 7.20. The molecule has 1 unspecified atom stereocenters. The van der Waals surface area contributed by atoms with E-state index in [2.05, 4.69) is 26.1 Å². The van der Waals surface area contributed by atoms with E-state index < -0.39 is 12.1 Å². The summed E-state index contributed by atoms with van der Waals surface area (Å²) in [7, 11) is 4.72. The molecule has 2 aromatic rings. The molecule has 2 aliphatic rings. The third-order valence-electron chi connectivity index (χ3n) is 4.91. The number of aromatic nitrogens is 3. The number of hydrogen-bond acceptors (Lipinski definition) is 6. The highest BCUT2D eigenvalue weighted by atomic mass is 79.9. The van der Waals surface area contributed by atoms with E-state index >= 15 is 0 Å². The van der Waals surface area contributed by atoms with Gasteiger partial charge in [-0.2, -0.15) is 9.47 Å². The Bertz CT molecular complexity index is 1010. The molecule has 1 atom stereocenters. The quantitative estimate of drug-likeness (QED) is 0.680. The van der Waals surface area contributed by atoms with Crippen molar-refractivity contribution >= 4 is 39.7 Å². The lowest BCUT2D eigenvalue weighted by Gasteiger charge is -2.26. The largest absolute Gasteiger partial charge is 0.496 e. The van der Waals surface area contributed by atoms with Crippen molar-refractivity contribution in [2.45, 2.75) is 13.0 Å². The van der Waals surface area contributed by atoms with Gasteiger partial charge in [0, 0.05) is 11.0 Å². The second-order valence-electron chi connectivity index (χ2n) is 6.29. The fraction of sp³-hybridized carbons (Fsp3) is 0.353. The number of likely N-dealkylation sites (N-methyl/N-ethyl adjacent to an activating group) is 2. The third-order valence-corrected chi connectivity index (χ3v) is 5.41. The number of imide groups is 1. The fourth-order valence-corrected chi connectivity index (χ4v) is 3.94. The molecule has 0 fully saturated rings. The van der Waals surface area contributed by atoms with Gasteiger partial charge in [0.15, 0.2) is 0 Å². The van der Waals surface area contributed by atoms with E-state index in [1.807, 2.05) is 30.0 Å². The number of benzene rings is 1. The zero-order chi connectivity index (χ0) is 19.5. The molecule has 1 aromatic heterocycles. The minimum absolute atomic E-state index is 0.285. The predicted octanol–water partition coefficient (Wildman–Crippen LogP) is 1.41. The van der Waals surface area contributed by atoms with Gasteiger partial charge in [0.1, 0.15) is 5.75 Å². The molecule has 0 spiro atoms. The summed E-state index contributed by atoms with van der Waals surface area (Å²) >= 11 is 3.47. The molecule has 0 aliphatic carbocycles. The highest BCUT2D eigenvalue weighted by molar-refractivity contribution is 9.10. The number of methoxy groups -OCH3 is 1. The molecule has 0 saturated heterocycles. The maximum atomic E-state index is 12.8. The molecule has 4 rings (SSSR count). The van der Waals surface area contributed by atoms with E-state index in [1.165, 1.54) is 11.6 Å². The Hall–Kier alpha value is -2.75. The maximum Gasteiger partial charge on any atom is 0.445 e. The van der Waals surface area contributed by atoms with Crippen LogP contribution in [-0.4, -0.2) is 75.8 Å². The van der Waals surface area contributed by atoms with Crippen LogP contribution in [0.15, 0.2) is 22.7 Å². The van der Waals surface area contributed by atoms with E-state index in [0.717, 1.165) is 9.37 Å². The zero-order valence-corrected chi connectivity index (χ0v) is 16.9. The Balaban J connectivity index is 2.01. The standard InChI is InChI=1S/C17H18BrN6O3/c1-5-23-12-14(21(2)17(26)22(3)15(12)25)24-13(19-20-16(23)24)10-8-9(18)6-7-11(10)27-4/h6-8,12H,5H2,1-4H3/q+1. The van der Waals surface area contributed by atoms with Crippen LogP contribution in [-0.2, 0) is 4.79 Å². The summed E-state index contributed by atoms with van der Waals surface area (Å²) in [6.45, 7) is 2.48. The van der Waals surface area contributed by atoms with Crippen LogP contribution < -0.4 is 9.64 Å². The highest BCUT2D eigenvalue weighted by Gasteiger charge is 2.55. The minimum Gasteiger partial charge on any atom is -0.496 e. The minimum atomic E-state index is -0.620. The van der Waals surface area contributed by atoms with E-state index in [4.69, 9.17) is 4.74 Å². The van der Waals surface area contributed by atoms with E-state index in [9.17, 15) is 9.59 Å². The van der Waals surface area contributed by atoms with Gasteiger partial charge >= 0.3 is 11.9 Å². The highest BCUT2D eigenvalue weighted by Crippen LogP contribution is 2.37. The Labute approximate surface area is 164 Å². The topological polar surface area (TPSA) is 83.6 Å². The fourth-order valence-electron chi connectivity index (χ4n) is 3.58. The summed E-state index contributed by atoms with van der Waals surface area (Å²) < 4.78 is 9.57. The molecular weight excluding hydrogens is 416 g/mol. The SMILES string of the molecule is CCN1c2nnc(-c3cc(Br)ccc3OC)n2C2=[N+](C)C(=O)N(C)C(=O)C21. The molecule has 3 heterocycles. The number of hydrogen-bond donors (Lipinski definition) is 0. The van der Waals surface area contributed by atoms with Crippen molar-refractivity contribution in [1.29, 1.82) is 0 Å². The summed E-state index contributed by atoms with van der Waals surface area (Å²) in [4.78, 5) is 28.4. The monoisotopic (exact) mass is 433 g/mol. The lowest BCUT2D eigenvalue weighted by molar-refractivity contribution is -0.407. The molecule has 0 bridgehead atoms. The van der Waals surface area contributed by atoms with Crippen molar-refractivity contribution < 1.29 is 18.9 Å². The van der Waals surface area contributed by atoms with Gasteiger partial charge in [0.2, 0.25) is 17.7 Å². The zero-order valence-electron chi connectivity index (χ0n) is 15.3. The first-order valence-corrected chi connectivity index (χ1v) is 9.18. The van der Waals surface area contributed by atoms with Crippen molar-refractivity contribution in [3.63, 3.8) is 0 Å². The Morgan fingerprint density at radius 2 is 2.04 bits per heavy atom. The number of nitrogens with zero attached hydrogens (tertiary/aromatic N) is 6. The van der Waals surface area contributed by atoms with Gasteiger partial charge < -0.3 is 9.64 Å². The Morgan fingerprint density at radius 1 is 1.30 bits per heavy atom. The van der Waals surface area contributed by atoms with Crippen molar-refractivity contribution in [3.05, 3.63) is 22.7 Å². The molecule has 140 valence electrons. The number of amides is 3. The van der Waals surface area contributed by atoms with Crippen LogP contribution in [0.2, 0.25) is 0 Å². The number of anilines is 1. The lowest BCUT2D eigenvalue weighted by Crippen LogP contribution is -2.59. The maximum absolute atomic E-state index is 12.8. The molecule has 0 radical (unpaired) electrons. The van der Waals surface area contributed by atoms with E-state index in [1.54, 1.807) is 18.7 Å². The summed E-state index contributed by atoms with van der Waals surface area (Å²) in [6, 6.07) is 4.55. The normalized spacial score (nSPS) is 18.9. The van der Waals surface area contributed by atoms with Crippen molar-refractivity contribution in [1.82, 2.24) is 19.7 Å². The third kappa shape index (κ3) is 2.32. The van der Waals surface area contributed by atoms with Crippen LogP contribution in [0.3, 0.4) is 0 Å². The van der Waals surface area contributed by atoms with Gasteiger partial charge in [-0.3, -0.25) is 4.79 Å². The smallest absolute Gasteiger partial charge is 0.445 e. The predicted molar refractivity (Wildman–Crippen MR) is 101 cm³/mol. The molecule has 1 aromatic carbocycles. The van der Waals surface area contributed by atoms with Gasteiger partial charge in [0.05, 0.1) is 26.8 Å². The Kier molecular flexibility index (Phi) is 4.02. The van der Waals surface area contributed by atoms with E-state index in [0.29, 0.717) is 35.5 Å². The number of fused-ring (bicyclic) bond motifs is 3. The molecule has 2 aliphatic heterocycles. The lowest BCUT2D eigenvalue weighted by atomic mass is 10.1. The summed E-state index contributed by atoms with van der Waals surface area (Å²) in [5.74, 6) is 1.90. The second kappa shape index (κ2) is 6.15. The molecular formula is C17H18BrN6O3+. The molecule has 27 heavy (non-hydrogen) atoms. The number of rotatable bonds is 3. The van der Waals surface area contributed by atoms with Crippen LogP contribution in [0.1, 0.15) is 6.92 Å². The number of carbonyl (C=O) groups excluding carboxylic acids is 2. The van der Waals surface area contributed by atoms with Crippen LogP contribution in [0.4, 0.5) is 10.7 Å². The van der Waals surface area contributed by atoms with E-state index in [-0.39, 0.29) is 5.91 Å². The van der Waals surface area contributed by atoms with Crippen LogP contribution >= 0.6 is 15.9 Å². The van der Waals surface area contributed by atoms with Gasteiger partial charge in [0.25, 0.3) is 5.95 Å². The summed E-state index contributed by atoms with van der Waals surface area (Å²) in [6.07, 6.45) is 0. The van der Waals surface area contributed by atoms with Crippen molar-refractivity contribution in [2.75, 3.05) is 32.6 Å². The molecule has 10 heteroatoms. The number of carbonyl (C=O) groups is 2. The average Bonchev–Trinajstić information content (AvgIpc) is 3.22. The van der Waals surface area contributed by atoms with Gasteiger partial charge in [-0.15, -0.1) is 5.10 Å². The molecule has 3 amide bonds. The number of halogens is 1. The Morgan fingerprint density at radius 3 is 2.70 bits per heavy atom. The first kappa shape index (κ1) is 17.7. The number of ether oxygens (including phenoxy) is 1. The van der Waals surface area contributed by atoms with Crippen molar-refractivity contribution in [2.24, 2.45) is 0 Å². The first-order chi connectivity index (χ1) is 12.9. The van der Waals surface area contributed by atoms with Crippen LogP contribution in [0.5, 0.6) is 5.75 Å². The first-order valence-electron chi connectivity index (χ1n) is 8.39. The summed E-state index contributed by atoms with van der Waals surface area (Å²) in [5, 5.41) is 8.65. The van der Waals surface area contributed by atoms with Crippen molar-refractivity contribution in [3.8, 4) is 17.1 Å².